The standard InChI is InChI=1S/C30H41N5O3/c1-19-33-24-9-7-8-23(27(24)29(38)35(19)25-10-11-26(36)34-28(25)37)31-12-5-3-2-4-6-13-32-30-17-20-14-21(18-30)16-22(30)15-20/h7-9,20-22,25,31-32H,2-6,10-18H2,1H3,(H,34,36,37)/t20?,21?,22?,25-,30?/m1/s1. The number of fused-ring (bicyclic) bond motifs is 1. The Hall–Kier alpha value is -2.74. The molecule has 4 aliphatic carbocycles. The summed E-state index contributed by atoms with van der Waals surface area (Å²) in [6, 6.07) is 4.93. The van der Waals surface area contributed by atoms with Crippen LogP contribution in [-0.4, -0.2) is 40.0 Å². The third kappa shape index (κ3) is 4.76. The predicted octanol–water partition coefficient (Wildman–Crippen LogP) is 4.21. The SMILES string of the molecule is Cc1nc2cccc(NCCCCCCCNC34CC5CC(CC3C5)C4)c2c(=O)n1[C@@H]1CCC(=O)NC1=O. The number of aryl methyl sites for hydroxylation is 1. The van der Waals surface area contributed by atoms with Crippen molar-refractivity contribution in [3.05, 3.63) is 34.4 Å². The summed E-state index contributed by atoms with van der Waals surface area (Å²) in [6.07, 6.45) is 13.8. The number of carbonyl (C=O) groups is 2. The molecule has 38 heavy (non-hydrogen) atoms. The molecule has 0 radical (unpaired) electrons. The van der Waals surface area contributed by atoms with Crippen molar-refractivity contribution in [3.8, 4) is 0 Å². The van der Waals surface area contributed by atoms with Gasteiger partial charge in [-0.1, -0.05) is 25.3 Å². The zero-order valence-electron chi connectivity index (χ0n) is 22.6. The number of nitrogens with one attached hydrogen (secondary N) is 3. The molecule has 1 aromatic heterocycles. The minimum absolute atomic E-state index is 0.221. The highest BCUT2D eigenvalue weighted by atomic mass is 16.2. The predicted molar refractivity (Wildman–Crippen MR) is 148 cm³/mol. The van der Waals surface area contributed by atoms with Crippen molar-refractivity contribution in [2.45, 2.75) is 95.6 Å². The van der Waals surface area contributed by atoms with Gasteiger partial charge in [0.15, 0.2) is 0 Å². The molecule has 3 atom stereocenters. The average molecular weight is 520 g/mol. The second-order valence-electron chi connectivity index (χ2n) is 12.3. The first-order valence-electron chi connectivity index (χ1n) is 14.8. The van der Waals surface area contributed by atoms with Crippen LogP contribution >= 0.6 is 0 Å². The van der Waals surface area contributed by atoms with Gasteiger partial charge in [0.1, 0.15) is 11.9 Å². The summed E-state index contributed by atoms with van der Waals surface area (Å²) in [4.78, 5) is 42.2. The van der Waals surface area contributed by atoms with E-state index in [4.69, 9.17) is 0 Å². The Bertz CT molecular complexity index is 1270. The number of hydrogen-bond acceptors (Lipinski definition) is 6. The Morgan fingerprint density at radius 1 is 1.00 bits per heavy atom. The Labute approximate surface area is 224 Å². The van der Waals surface area contributed by atoms with Crippen molar-refractivity contribution in [2.24, 2.45) is 17.8 Å². The maximum Gasteiger partial charge on any atom is 0.264 e. The van der Waals surface area contributed by atoms with Crippen LogP contribution in [0.2, 0.25) is 0 Å². The van der Waals surface area contributed by atoms with Gasteiger partial charge in [0.05, 0.1) is 10.9 Å². The van der Waals surface area contributed by atoms with Crippen molar-refractivity contribution in [1.29, 1.82) is 0 Å². The van der Waals surface area contributed by atoms with Gasteiger partial charge in [-0.05, 0) is 94.7 Å². The van der Waals surface area contributed by atoms with Crippen molar-refractivity contribution < 1.29 is 9.59 Å². The number of anilines is 1. The van der Waals surface area contributed by atoms with E-state index in [0.29, 0.717) is 28.7 Å². The van der Waals surface area contributed by atoms with Gasteiger partial charge in [-0.25, -0.2) is 4.98 Å². The number of benzene rings is 1. The van der Waals surface area contributed by atoms with E-state index in [9.17, 15) is 14.4 Å². The van der Waals surface area contributed by atoms with Crippen LogP contribution in [0.25, 0.3) is 10.9 Å². The lowest BCUT2D eigenvalue weighted by Crippen LogP contribution is -2.46. The zero-order chi connectivity index (χ0) is 26.3. The van der Waals surface area contributed by atoms with Gasteiger partial charge in [-0.15, -0.1) is 0 Å². The Kier molecular flexibility index (Phi) is 7.01. The Morgan fingerprint density at radius 3 is 2.50 bits per heavy atom. The van der Waals surface area contributed by atoms with E-state index in [0.717, 1.165) is 49.4 Å². The number of aromatic nitrogens is 2. The van der Waals surface area contributed by atoms with Crippen LogP contribution in [0, 0.1) is 24.7 Å². The summed E-state index contributed by atoms with van der Waals surface area (Å²) in [7, 11) is 0. The fourth-order valence-electron chi connectivity index (χ4n) is 8.22. The van der Waals surface area contributed by atoms with Gasteiger partial charge in [0, 0.05) is 24.2 Å². The van der Waals surface area contributed by atoms with Crippen molar-refractivity contribution in [3.63, 3.8) is 0 Å². The van der Waals surface area contributed by atoms with Gasteiger partial charge >= 0.3 is 0 Å². The number of rotatable bonds is 11. The van der Waals surface area contributed by atoms with E-state index in [1.54, 1.807) is 6.92 Å². The molecule has 204 valence electrons. The molecule has 1 saturated heterocycles. The molecule has 4 bridgehead atoms. The second-order valence-corrected chi connectivity index (χ2v) is 12.3. The highest BCUT2D eigenvalue weighted by Gasteiger charge is 2.57. The summed E-state index contributed by atoms with van der Waals surface area (Å²) >= 11 is 0. The van der Waals surface area contributed by atoms with Crippen molar-refractivity contribution >= 4 is 28.4 Å². The third-order valence-corrected chi connectivity index (χ3v) is 9.76. The van der Waals surface area contributed by atoms with Crippen LogP contribution in [-0.2, 0) is 9.59 Å². The molecule has 1 aliphatic heterocycles. The quantitative estimate of drug-likeness (QED) is 0.303. The second kappa shape index (κ2) is 10.4. The summed E-state index contributed by atoms with van der Waals surface area (Å²) < 4.78 is 1.45. The first-order chi connectivity index (χ1) is 18.4. The normalized spacial score (nSPS) is 29.8. The zero-order valence-corrected chi connectivity index (χ0v) is 22.6. The number of amides is 2. The van der Waals surface area contributed by atoms with Gasteiger partial charge in [0.25, 0.3) is 5.56 Å². The number of carbonyl (C=O) groups excluding carboxylic acids is 2. The fraction of sp³-hybridized carbons (Fsp3) is 0.667. The number of hydrogen-bond donors (Lipinski definition) is 3. The van der Waals surface area contributed by atoms with Crippen LogP contribution < -0.4 is 21.5 Å². The lowest BCUT2D eigenvalue weighted by molar-refractivity contribution is -0.135. The molecule has 2 amide bonds. The molecular formula is C30H41N5O3. The molecule has 1 aromatic carbocycles. The Morgan fingerprint density at radius 2 is 1.74 bits per heavy atom. The van der Waals surface area contributed by atoms with Crippen LogP contribution in [0.1, 0.15) is 88.9 Å². The highest BCUT2D eigenvalue weighted by molar-refractivity contribution is 5.99. The van der Waals surface area contributed by atoms with E-state index in [-0.39, 0.29) is 17.9 Å². The van der Waals surface area contributed by atoms with Crippen LogP contribution in [0.3, 0.4) is 0 Å². The first-order valence-corrected chi connectivity index (χ1v) is 14.8. The molecule has 2 aromatic rings. The topological polar surface area (TPSA) is 105 Å². The summed E-state index contributed by atoms with van der Waals surface area (Å²) in [6.45, 7) is 3.69. The smallest absolute Gasteiger partial charge is 0.264 e. The van der Waals surface area contributed by atoms with Crippen LogP contribution in [0.5, 0.6) is 0 Å². The van der Waals surface area contributed by atoms with E-state index in [1.165, 1.54) is 55.9 Å². The molecule has 7 rings (SSSR count). The summed E-state index contributed by atoms with van der Waals surface area (Å²) in [5, 5.41) is 10.3. The van der Waals surface area contributed by atoms with E-state index >= 15 is 0 Å². The molecule has 5 aliphatic rings. The number of unbranched alkanes of at least 4 members (excludes halogenated alkanes) is 4. The van der Waals surface area contributed by atoms with Gasteiger partial charge < -0.3 is 10.6 Å². The molecule has 3 N–H and O–H groups in total. The molecule has 8 heteroatoms. The first kappa shape index (κ1) is 25.5. The van der Waals surface area contributed by atoms with Crippen molar-refractivity contribution in [2.75, 3.05) is 18.4 Å². The molecule has 5 fully saturated rings. The van der Waals surface area contributed by atoms with Crippen LogP contribution in [0.4, 0.5) is 5.69 Å². The minimum Gasteiger partial charge on any atom is -0.384 e. The van der Waals surface area contributed by atoms with E-state index < -0.39 is 11.9 Å². The third-order valence-electron chi connectivity index (χ3n) is 9.76. The molecule has 8 nitrogen and oxygen atoms in total. The highest BCUT2D eigenvalue weighted by Crippen LogP contribution is 2.60. The summed E-state index contributed by atoms with van der Waals surface area (Å²) in [5.41, 5.74) is 1.64. The molecular weight excluding hydrogens is 478 g/mol. The maximum atomic E-state index is 13.5. The molecule has 2 unspecified atom stereocenters. The largest absolute Gasteiger partial charge is 0.384 e. The van der Waals surface area contributed by atoms with Crippen molar-refractivity contribution in [1.82, 2.24) is 20.2 Å². The van der Waals surface area contributed by atoms with E-state index in [2.05, 4.69) is 20.9 Å². The lowest BCUT2D eigenvalue weighted by atomic mass is 9.80. The lowest BCUT2D eigenvalue weighted by Gasteiger charge is -2.34. The summed E-state index contributed by atoms with van der Waals surface area (Å²) in [5.74, 6) is 2.73. The van der Waals surface area contributed by atoms with Crippen LogP contribution in [0.15, 0.2) is 23.0 Å². The van der Waals surface area contributed by atoms with Gasteiger partial charge in [0.2, 0.25) is 11.8 Å². The average Bonchev–Trinajstić information content (AvgIpc) is 3.27. The fourth-order valence-corrected chi connectivity index (χ4v) is 8.22. The minimum atomic E-state index is -0.710. The molecule has 2 heterocycles. The van der Waals surface area contributed by atoms with E-state index in [1.807, 2.05) is 18.2 Å². The van der Waals surface area contributed by atoms with Gasteiger partial charge in [-0.3, -0.25) is 24.3 Å². The Balaban J connectivity index is 0.984. The monoisotopic (exact) mass is 519 g/mol. The molecule has 0 spiro atoms. The number of piperidine rings is 1. The molecule has 4 saturated carbocycles. The maximum absolute atomic E-state index is 13.5. The number of nitrogens with zero attached hydrogens (tertiary/aromatic N) is 2. The van der Waals surface area contributed by atoms with Gasteiger partial charge in [-0.2, -0.15) is 0 Å². The number of imide groups is 1.